The van der Waals surface area contributed by atoms with Crippen molar-refractivity contribution in [1.82, 2.24) is 20.4 Å². The topological polar surface area (TPSA) is 85.5 Å². The number of aromatic nitrogens is 4. The fraction of sp³-hybridized carbons (Fsp3) is 0.0769. The van der Waals surface area contributed by atoms with Gasteiger partial charge in [-0.1, -0.05) is 6.07 Å². The lowest BCUT2D eigenvalue weighted by Crippen LogP contribution is -2.11. The van der Waals surface area contributed by atoms with Gasteiger partial charge in [-0.15, -0.1) is 30.6 Å². The zero-order valence-corrected chi connectivity index (χ0v) is 9.95. The molecule has 4 heterocycles. The normalized spacial score (nSPS) is 15.0. The maximum Gasteiger partial charge on any atom is 0.163 e. The van der Waals surface area contributed by atoms with Crippen molar-refractivity contribution in [2.45, 2.75) is 6.42 Å². The molecule has 92 valence electrons. The van der Waals surface area contributed by atoms with Crippen molar-refractivity contribution in [3.8, 4) is 11.5 Å². The van der Waals surface area contributed by atoms with Crippen LogP contribution in [-0.2, 0) is 6.42 Å². The summed E-state index contributed by atoms with van der Waals surface area (Å²) in [5.41, 5.74) is 7.10. The van der Waals surface area contributed by atoms with Crippen LogP contribution < -0.4 is 4.74 Å². The van der Waals surface area contributed by atoms with Crippen LogP contribution in [0.25, 0.3) is 22.1 Å². The Morgan fingerprint density at radius 2 is 1.60 bits per heavy atom. The van der Waals surface area contributed by atoms with E-state index in [9.17, 15) is 0 Å². The molecule has 7 nitrogen and oxygen atoms in total. The molecule has 6 rings (SSSR count). The van der Waals surface area contributed by atoms with E-state index in [1.807, 2.05) is 12.1 Å². The third kappa shape index (κ3) is 0.796. The average molecular weight is 260 g/mol. The predicted molar refractivity (Wildman–Crippen MR) is 68.5 cm³/mol. The molecule has 2 aromatic carbocycles. The fourth-order valence-corrected chi connectivity index (χ4v) is 2.88. The van der Waals surface area contributed by atoms with Gasteiger partial charge in [0, 0.05) is 17.5 Å². The number of azo groups is 1. The van der Waals surface area contributed by atoms with E-state index < -0.39 is 0 Å². The molecule has 4 aromatic rings. The fourth-order valence-electron chi connectivity index (χ4n) is 2.88. The second kappa shape index (κ2) is 2.64. The highest BCUT2D eigenvalue weighted by Gasteiger charge is 2.32. The van der Waals surface area contributed by atoms with Gasteiger partial charge in [-0.2, -0.15) is 0 Å². The van der Waals surface area contributed by atoms with Gasteiger partial charge in [-0.05, 0) is 6.07 Å². The lowest BCUT2D eigenvalue weighted by atomic mass is 9.96. The molecule has 0 unspecified atom stereocenters. The van der Waals surface area contributed by atoms with Crippen molar-refractivity contribution < 1.29 is 4.74 Å². The van der Waals surface area contributed by atoms with Crippen LogP contribution in [0.4, 0.5) is 11.4 Å². The highest BCUT2D eigenvalue weighted by atomic mass is 16.5. The monoisotopic (exact) mass is 260 g/mol. The van der Waals surface area contributed by atoms with Gasteiger partial charge in [0.1, 0.15) is 22.2 Å². The Kier molecular flexibility index (Phi) is 1.19. The Labute approximate surface area is 111 Å². The highest BCUT2D eigenvalue weighted by Crippen LogP contribution is 2.53. The Morgan fingerprint density at radius 1 is 0.800 bits per heavy atom. The summed E-state index contributed by atoms with van der Waals surface area (Å²) in [5, 5.41) is 24.2. The molecule has 0 spiro atoms. The second-order valence-corrected chi connectivity index (χ2v) is 5.00. The first-order chi connectivity index (χ1) is 9.90. The molecule has 2 aliphatic rings. The molecular formula is C13H4N6O. The zero-order valence-electron chi connectivity index (χ0n) is 9.95. The van der Waals surface area contributed by atoms with Crippen LogP contribution in [0.5, 0.6) is 11.5 Å². The minimum atomic E-state index is 0.746. The van der Waals surface area contributed by atoms with Gasteiger partial charge in [0.25, 0.3) is 0 Å². The minimum Gasteiger partial charge on any atom is -0.452 e. The van der Waals surface area contributed by atoms with Crippen LogP contribution >= 0.6 is 0 Å². The van der Waals surface area contributed by atoms with Crippen molar-refractivity contribution in [3.05, 3.63) is 23.3 Å². The minimum absolute atomic E-state index is 0.746. The molecular weight excluding hydrogens is 256 g/mol. The third-order valence-electron chi connectivity index (χ3n) is 3.97. The van der Waals surface area contributed by atoms with Gasteiger partial charge in [-0.3, -0.25) is 0 Å². The molecule has 0 saturated carbocycles. The highest BCUT2D eigenvalue weighted by molar-refractivity contribution is 6.07. The van der Waals surface area contributed by atoms with Crippen molar-refractivity contribution in [2.24, 2.45) is 10.2 Å². The quantitative estimate of drug-likeness (QED) is 0.419. The predicted octanol–water partition coefficient (Wildman–Crippen LogP) is 2.87. The standard InChI is InChI=1S/C13H4N6O/c1-2-6-8(16-14-6)12-4(1)3-5-7-9(17-15-7)10-11(19-18-10)13(5)20-12/h1-2H,3H2. The van der Waals surface area contributed by atoms with E-state index in [0.717, 1.165) is 62.5 Å². The van der Waals surface area contributed by atoms with Gasteiger partial charge in [0.05, 0.1) is 0 Å². The Morgan fingerprint density at radius 3 is 2.30 bits per heavy atom. The lowest BCUT2D eigenvalue weighted by molar-refractivity contribution is 0.464. The number of benzene rings is 2. The number of rotatable bonds is 0. The first-order valence-corrected chi connectivity index (χ1v) is 6.22. The van der Waals surface area contributed by atoms with E-state index in [1.54, 1.807) is 0 Å². The first kappa shape index (κ1) is 9.03. The van der Waals surface area contributed by atoms with Crippen LogP contribution in [-0.4, -0.2) is 20.4 Å². The van der Waals surface area contributed by atoms with E-state index in [4.69, 9.17) is 4.74 Å². The summed E-state index contributed by atoms with van der Waals surface area (Å²) < 4.78 is 6.06. The molecule has 0 atom stereocenters. The molecule has 20 heavy (non-hydrogen) atoms. The van der Waals surface area contributed by atoms with E-state index in [2.05, 4.69) is 30.6 Å². The summed E-state index contributed by atoms with van der Waals surface area (Å²) >= 11 is 0. The van der Waals surface area contributed by atoms with E-state index >= 15 is 0 Å². The maximum atomic E-state index is 6.06. The van der Waals surface area contributed by atoms with Gasteiger partial charge < -0.3 is 4.74 Å². The van der Waals surface area contributed by atoms with Gasteiger partial charge in [0.15, 0.2) is 22.7 Å². The van der Waals surface area contributed by atoms with Crippen LogP contribution in [0.3, 0.4) is 0 Å². The molecule has 0 radical (unpaired) electrons. The molecule has 0 N–H and O–H groups in total. The molecule has 2 aliphatic heterocycles. The maximum absolute atomic E-state index is 6.06. The molecule has 0 aliphatic carbocycles. The largest absolute Gasteiger partial charge is 0.452 e. The number of fused-ring (bicyclic) bond motifs is 9. The number of ether oxygens (including phenoxy) is 1. The van der Waals surface area contributed by atoms with Gasteiger partial charge >= 0.3 is 0 Å². The van der Waals surface area contributed by atoms with Crippen molar-refractivity contribution >= 4 is 33.4 Å². The van der Waals surface area contributed by atoms with Gasteiger partial charge in [0.2, 0.25) is 0 Å². The Bertz CT molecular complexity index is 1060. The summed E-state index contributed by atoms with van der Waals surface area (Å²) in [6.07, 6.45) is 0.748. The van der Waals surface area contributed by atoms with Crippen LogP contribution in [0.1, 0.15) is 11.1 Å². The summed E-state index contributed by atoms with van der Waals surface area (Å²) in [7, 11) is 0. The average Bonchev–Trinajstić information content (AvgIpc) is 2.33. The molecule has 0 bridgehead atoms. The van der Waals surface area contributed by atoms with E-state index in [1.165, 1.54) is 0 Å². The van der Waals surface area contributed by atoms with Crippen molar-refractivity contribution in [2.75, 3.05) is 0 Å². The Balaban J connectivity index is 1.69. The molecule has 0 amide bonds. The molecule has 0 saturated heterocycles. The Hall–Kier alpha value is -2.96. The summed E-state index contributed by atoms with van der Waals surface area (Å²) in [6, 6.07) is 3.99. The summed E-state index contributed by atoms with van der Waals surface area (Å²) in [4.78, 5) is 0. The first-order valence-electron chi connectivity index (χ1n) is 6.22. The number of hydrogen-bond donors (Lipinski definition) is 0. The second-order valence-electron chi connectivity index (χ2n) is 5.00. The van der Waals surface area contributed by atoms with Crippen molar-refractivity contribution in [1.29, 1.82) is 0 Å². The zero-order chi connectivity index (χ0) is 12.8. The summed E-state index contributed by atoms with van der Waals surface area (Å²) in [5.74, 6) is 1.53. The van der Waals surface area contributed by atoms with Crippen LogP contribution in [0.15, 0.2) is 22.4 Å². The van der Waals surface area contributed by atoms with Crippen LogP contribution in [0.2, 0.25) is 0 Å². The van der Waals surface area contributed by atoms with Gasteiger partial charge in [-0.25, -0.2) is 0 Å². The smallest absolute Gasteiger partial charge is 0.163 e. The van der Waals surface area contributed by atoms with Crippen LogP contribution in [0, 0.1) is 0 Å². The number of nitrogens with zero attached hydrogens (tertiary/aromatic N) is 6. The van der Waals surface area contributed by atoms with E-state index in [0.29, 0.717) is 0 Å². The summed E-state index contributed by atoms with van der Waals surface area (Å²) in [6.45, 7) is 0. The lowest BCUT2D eigenvalue weighted by Gasteiger charge is -2.25. The molecule has 0 fully saturated rings. The van der Waals surface area contributed by atoms with E-state index in [-0.39, 0.29) is 0 Å². The molecule has 2 aromatic heterocycles. The molecule has 7 heteroatoms. The number of hydrogen-bond acceptors (Lipinski definition) is 7. The SMILES string of the molecule is c1cc2c(c3c1Cc1c(c4nnc4c4nnc14)O3)N=N2. The third-order valence-corrected chi connectivity index (χ3v) is 3.97. The van der Waals surface area contributed by atoms with Crippen molar-refractivity contribution in [3.63, 3.8) is 0 Å².